The second kappa shape index (κ2) is 15.9. The number of aliphatic imine (C=N–C) groups is 1. The van der Waals surface area contributed by atoms with Gasteiger partial charge in [-0.1, -0.05) is 49.6 Å². The third-order valence-corrected chi connectivity index (χ3v) is 5.53. The van der Waals surface area contributed by atoms with Crippen LogP contribution in [0.3, 0.4) is 0 Å². The van der Waals surface area contributed by atoms with E-state index in [9.17, 15) is 0 Å². The molecule has 0 aromatic heterocycles. The maximum Gasteiger partial charge on any atom is 0.191 e. The molecule has 1 fully saturated rings. The van der Waals surface area contributed by atoms with Gasteiger partial charge in [0.2, 0.25) is 0 Å². The summed E-state index contributed by atoms with van der Waals surface area (Å²) in [6.07, 6.45) is 9.08. The van der Waals surface area contributed by atoms with Crippen LogP contribution >= 0.6 is 24.0 Å². The second-order valence-electron chi connectivity index (χ2n) is 8.12. The van der Waals surface area contributed by atoms with E-state index in [4.69, 9.17) is 0 Å². The lowest BCUT2D eigenvalue weighted by atomic mass is 10.1. The summed E-state index contributed by atoms with van der Waals surface area (Å²) in [5, 5.41) is 7.05. The fraction of sp³-hybridized carbons (Fsp3) is 0.696. The molecule has 0 aliphatic carbocycles. The summed E-state index contributed by atoms with van der Waals surface area (Å²) < 4.78 is 0. The Balaban J connectivity index is 0.00000420. The maximum atomic E-state index is 4.42. The van der Waals surface area contributed by atoms with Crippen LogP contribution in [0.1, 0.15) is 56.6 Å². The van der Waals surface area contributed by atoms with Crippen LogP contribution in [-0.2, 0) is 0 Å². The molecule has 2 N–H and O–H groups in total. The molecular formula is C23H42IN5. The Morgan fingerprint density at radius 3 is 2.31 bits per heavy atom. The summed E-state index contributed by atoms with van der Waals surface area (Å²) >= 11 is 0. The van der Waals surface area contributed by atoms with Crippen LogP contribution in [0.5, 0.6) is 0 Å². The molecule has 5 nitrogen and oxygen atoms in total. The molecule has 0 amide bonds. The Labute approximate surface area is 195 Å². The van der Waals surface area contributed by atoms with Crippen LogP contribution in [0, 0.1) is 0 Å². The summed E-state index contributed by atoms with van der Waals surface area (Å²) in [4.78, 5) is 9.28. The van der Waals surface area contributed by atoms with Crippen molar-refractivity contribution in [2.24, 2.45) is 4.99 Å². The first-order valence-corrected chi connectivity index (χ1v) is 11.1. The summed E-state index contributed by atoms with van der Waals surface area (Å²) in [7, 11) is 6.16. The quantitative estimate of drug-likeness (QED) is 0.190. The first kappa shape index (κ1) is 26.2. The van der Waals surface area contributed by atoms with E-state index in [0.29, 0.717) is 6.04 Å². The zero-order chi connectivity index (χ0) is 20.0. The molecule has 29 heavy (non-hydrogen) atoms. The van der Waals surface area contributed by atoms with Crippen molar-refractivity contribution in [2.45, 2.75) is 51.0 Å². The molecule has 1 saturated heterocycles. The number of hydrogen-bond donors (Lipinski definition) is 2. The largest absolute Gasteiger partial charge is 0.356 e. The van der Waals surface area contributed by atoms with E-state index in [1.54, 1.807) is 0 Å². The molecule has 1 unspecified atom stereocenters. The lowest BCUT2D eigenvalue weighted by Gasteiger charge is -2.29. The molecular weight excluding hydrogens is 473 g/mol. The first-order chi connectivity index (χ1) is 13.7. The van der Waals surface area contributed by atoms with Crippen LogP contribution in [0.25, 0.3) is 0 Å². The fourth-order valence-corrected chi connectivity index (χ4v) is 3.89. The number of guanidine groups is 1. The average Bonchev–Trinajstić information content (AvgIpc) is 3.23. The minimum absolute atomic E-state index is 0. The average molecular weight is 516 g/mol. The predicted octanol–water partition coefficient (Wildman–Crippen LogP) is 4.12. The molecule has 6 heteroatoms. The highest BCUT2D eigenvalue weighted by Crippen LogP contribution is 2.24. The van der Waals surface area contributed by atoms with Crippen LogP contribution in [0.15, 0.2) is 35.3 Å². The summed E-state index contributed by atoms with van der Waals surface area (Å²) in [5.41, 5.74) is 1.39. The number of unbranched alkanes of at least 4 members (excludes halogenated alkanes) is 4. The van der Waals surface area contributed by atoms with Crippen molar-refractivity contribution in [3.8, 4) is 0 Å². The normalized spacial score (nSPS) is 15.9. The van der Waals surface area contributed by atoms with Crippen LogP contribution in [0.2, 0.25) is 0 Å². The van der Waals surface area contributed by atoms with E-state index in [2.05, 4.69) is 69.9 Å². The van der Waals surface area contributed by atoms with Gasteiger partial charge in [-0.15, -0.1) is 24.0 Å². The molecule has 0 spiro atoms. The molecule has 1 aromatic rings. The lowest BCUT2D eigenvalue weighted by Crippen LogP contribution is -2.42. The van der Waals surface area contributed by atoms with Crippen molar-refractivity contribution < 1.29 is 0 Å². The number of nitrogens with one attached hydrogen (secondary N) is 2. The number of benzene rings is 1. The van der Waals surface area contributed by atoms with Gasteiger partial charge in [0, 0.05) is 20.1 Å². The molecule has 1 aromatic carbocycles. The Bertz CT molecular complexity index is 543. The molecule has 0 radical (unpaired) electrons. The molecule has 1 atom stereocenters. The van der Waals surface area contributed by atoms with E-state index in [0.717, 1.165) is 19.0 Å². The standard InChI is InChI=1S/C23H41N5.HI/c1-24-23(25-16-10-5-4-6-11-17-27(2)3)26-20-22(28-18-12-13-19-28)21-14-8-7-9-15-21;/h7-9,14-15,22H,4-6,10-13,16-20H2,1-3H3,(H2,24,25,26);1H. The van der Waals surface area contributed by atoms with E-state index in [1.165, 1.54) is 70.1 Å². The summed E-state index contributed by atoms with van der Waals surface area (Å²) in [5.74, 6) is 0.924. The summed E-state index contributed by atoms with van der Waals surface area (Å²) in [6.45, 7) is 5.48. The predicted molar refractivity (Wildman–Crippen MR) is 136 cm³/mol. The van der Waals surface area contributed by atoms with Gasteiger partial charge in [-0.2, -0.15) is 0 Å². The van der Waals surface area contributed by atoms with E-state index < -0.39 is 0 Å². The summed E-state index contributed by atoms with van der Waals surface area (Å²) in [6, 6.07) is 11.3. The molecule has 1 aliphatic rings. The van der Waals surface area contributed by atoms with Crippen molar-refractivity contribution in [1.29, 1.82) is 0 Å². The highest BCUT2D eigenvalue weighted by atomic mass is 127. The monoisotopic (exact) mass is 515 g/mol. The van der Waals surface area contributed by atoms with E-state index >= 15 is 0 Å². The van der Waals surface area contributed by atoms with Gasteiger partial charge in [0.25, 0.3) is 0 Å². The van der Waals surface area contributed by atoms with E-state index in [-0.39, 0.29) is 24.0 Å². The van der Waals surface area contributed by atoms with Gasteiger partial charge in [-0.25, -0.2) is 0 Å². The van der Waals surface area contributed by atoms with E-state index in [1.807, 2.05) is 7.05 Å². The highest BCUT2D eigenvalue weighted by Gasteiger charge is 2.23. The second-order valence-corrected chi connectivity index (χ2v) is 8.12. The molecule has 2 rings (SSSR count). The number of likely N-dealkylation sites (tertiary alicyclic amines) is 1. The van der Waals surface area contributed by atoms with Gasteiger partial charge in [0.1, 0.15) is 0 Å². The third kappa shape index (κ3) is 10.6. The van der Waals surface area contributed by atoms with Crippen molar-refractivity contribution in [3.63, 3.8) is 0 Å². The molecule has 0 saturated carbocycles. The smallest absolute Gasteiger partial charge is 0.191 e. The number of halogens is 1. The Morgan fingerprint density at radius 2 is 1.66 bits per heavy atom. The van der Waals surface area contributed by atoms with Crippen LogP contribution in [0.4, 0.5) is 0 Å². The number of hydrogen-bond acceptors (Lipinski definition) is 3. The number of nitrogens with zero attached hydrogens (tertiary/aromatic N) is 3. The Kier molecular flexibility index (Phi) is 14.4. The minimum atomic E-state index is 0. The molecule has 166 valence electrons. The van der Waals surface area contributed by atoms with Crippen molar-refractivity contribution >= 4 is 29.9 Å². The first-order valence-electron chi connectivity index (χ1n) is 11.1. The third-order valence-electron chi connectivity index (χ3n) is 5.53. The minimum Gasteiger partial charge on any atom is -0.356 e. The topological polar surface area (TPSA) is 42.9 Å². The molecule has 1 aliphatic heterocycles. The van der Waals surface area contributed by atoms with Gasteiger partial charge in [0.15, 0.2) is 5.96 Å². The molecule has 0 bridgehead atoms. The Morgan fingerprint density at radius 1 is 1.00 bits per heavy atom. The number of rotatable bonds is 12. The maximum absolute atomic E-state index is 4.42. The van der Waals surface area contributed by atoms with Gasteiger partial charge in [-0.05, 0) is 65.0 Å². The van der Waals surface area contributed by atoms with Crippen LogP contribution < -0.4 is 10.6 Å². The lowest BCUT2D eigenvalue weighted by molar-refractivity contribution is 0.245. The Hall–Kier alpha value is -0.860. The van der Waals surface area contributed by atoms with Crippen LogP contribution in [-0.4, -0.2) is 69.6 Å². The highest BCUT2D eigenvalue weighted by molar-refractivity contribution is 14.0. The molecule has 1 heterocycles. The van der Waals surface area contributed by atoms with Crippen molar-refractivity contribution in [1.82, 2.24) is 20.4 Å². The van der Waals surface area contributed by atoms with Crippen molar-refractivity contribution in [3.05, 3.63) is 35.9 Å². The van der Waals surface area contributed by atoms with Gasteiger partial charge in [-0.3, -0.25) is 9.89 Å². The van der Waals surface area contributed by atoms with Crippen molar-refractivity contribution in [2.75, 3.05) is 53.9 Å². The SMILES string of the molecule is CN=C(NCCCCCCCN(C)C)NCC(c1ccccc1)N1CCCC1.I. The fourth-order valence-electron chi connectivity index (χ4n) is 3.89. The van der Waals surface area contributed by atoms with Gasteiger partial charge < -0.3 is 15.5 Å². The van der Waals surface area contributed by atoms with Gasteiger partial charge >= 0.3 is 0 Å². The van der Waals surface area contributed by atoms with Gasteiger partial charge in [0.05, 0.1) is 6.04 Å². The zero-order valence-electron chi connectivity index (χ0n) is 18.7. The zero-order valence-corrected chi connectivity index (χ0v) is 21.0.